The standard InChI is InChI=1S/C11H21N2O.W.H2/c1-5-14-9-7-11(3)13-8-6-10(2)12-4;;/h12-13H,1-3,5-9H2,4H3;;1H/q-1;;. The van der Waals surface area contributed by atoms with Crippen LogP contribution in [0.15, 0.2) is 24.6 Å². The van der Waals surface area contributed by atoms with Crippen molar-refractivity contribution < 1.29 is 27.2 Å². The summed E-state index contributed by atoms with van der Waals surface area (Å²) in [7, 11) is 1.87. The van der Waals surface area contributed by atoms with Gasteiger partial charge in [0.1, 0.15) is 0 Å². The van der Waals surface area contributed by atoms with Gasteiger partial charge in [0, 0.05) is 66.9 Å². The Morgan fingerprint density at radius 2 is 2.00 bits per heavy atom. The maximum absolute atomic E-state index is 5.11. The Morgan fingerprint density at radius 1 is 1.33 bits per heavy atom. The Kier molecular flexibility index (Phi) is 13.5. The summed E-state index contributed by atoms with van der Waals surface area (Å²) in [5, 5.41) is 6.20. The monoisotopic (exact) mass is 383 g/mol. The van der Waals surface area contributed by atoms with Crippen molar-refractivity contribution >= 4 is 0 Å². The van der Waals surface area contributed by atoms with E-state index >= 15 is 0 Å². The second kappa shape index (κ2) is 11.8. The fourth-order valence-electron chi connectivity index (χ4n) is 0.901. The van der Waals surface area contributed by atoms with Crippen LogP contribution in [0.5, 0.6) is 0 Å². The maximum atomic E-state index is 5.11. The molecule has 0 saturated heterocycles. The zero-order chi connectivity index (χ0) is 10.8. The fraction of sp³-hybridized carbons (Fsp3) is 0.545. The van der Waals surface area contributed by atoms with E-state index in [1.165, 1.54) is 0 Å². The molecule has 0 aromatic carbocycles. The molecule has 0 aromatic rings. The Bertz CT molecular complexity index is 189. The Hall–Kier alpha value is -0.272. The van der Waals surface area contributed by atoms with Crippen LogP contribution in [0.2, 0.25) is 0 Å². The predicted octanol–water partition coefficient (Wildman–Crippen LogP) is 1.70. The van der Waals surface area contributed by atoms with Crippen molar-refractivity contribution in [3.05, 3.63) is 31.5 Å². The fourth-order valence-corrected chi connectivity index (χ4v) is 0.901. The van der Waals surface area contributed by atoms with Gasteiger partial charge in [-0.15, -0.1) is 0 Å². The first-order chi connectivity index (χ1) is 6.70. The first-order valence-electron chi connectivity index (χ1n) is 4.85. The first kappa shape index (κ1) is 17.1. The summed E-state index contributed by atoms with van der Waals surface area (Å²) in [6.45, 7) is 13.4. The van der Waals surface area contributed by atoms with Crippen LogP contribution >= 0.6 is 0 Å². The molecular formula is C11H23N2OW-. The van der Waals surface area contributed by atoms with Crippen LogP contribution in [0.25, 0.3) is 0 Å². The third kappa shape index (κ3) is 11.7. The van der Waals surface area contributed by atoms with Crippen LogP contribution < -0.4 is 10.6 Å². The molecule has 0 aromatic heterocycles. The molecule has 0 rings (SSSR count). The van der Waals surface area contributed by atoms with Crippen molar-refractivity contribution in [2.75, 3.05) is 26.8 Å². The van der Waals surface area contributed by atoms with E-state index in [1.807, 2.05) is 7.05 Å². The van der Waals surface area contributed by atoms with Gasteiger partial charge in [0.2, 0.25) is 0 Å². The summed E-state index contributed by atoms with van der Waals surface area (Å²) in [6, 6.07) is 0. The van der Waals surface area contributed by atoms with Crippen molar-refractivity contribution in [1.82, 2.24) is 10.6 Å². The summed E-state index contributed by atoms with van der Waals surface area (Å²) in [5.74, 6) is 0. The topological polar surface area (TPSA) is 33.3 Å². The second-order valence-corrected chi connectivity index (χ2v) is 3.00. The summed E-state index contributed by atoms with van der Waals surface area (Å²) in [4.78, 5) is 0. The Balaban J connectivity index is -0.000000845. The van der Waals surface area contributed by atoms with E-state index in [9.17, 15) is 0 Å². The minimum atomic E-state index is 0. The Morgan fingerprint density at radius 3 is 2.53 bits per heavy atom. The minimum Gasteiger partial charge on any atom is -0.413 e. The zero-order valence-electron chi connectivity index (χ0n) is 9.47. The second-order valence-electron chi connectivity index (χ2n) is 3.00. The Labute approximate surface area is 109 Å². The van der Waals surface area contributed by atoms with Crippen molar-refractivity contribution in [3.8, 4) is 0 Å². The molecule has 0 radical (unpaired) electrons. The van der Waals surface area contributed by atoms with Crippen molar-refractivity contribution in [2.24, 2.45) is 0 Å². The molecule has 3 nitrogen and oxygen atoms in total. The summed E-state index contributed by atoms with van der Waals surface area (Å²) >= 11 is 0. The van der Waals surface area contributed by atoms with Crippen LogP contribution in [0, 0.1) is 6.92 Å². The van der Waals surface area contributed by atoms with E-state index < -0.39 is 0 Å². The van der Waals surface area contributed by atoms with Crippen LogP contribution in [-0.4, -0.2) is 26.8 Å². The molecule has 0 heterocycles. The molecular weight excluding hydrogens is 360 g/mol. The number of hydrogen-bond acceptors (Lipinski definition) is 3. The molecule has 2 N–H and O–H groups in total. The third-order valence-corrected chi connectivity index (χ3v) is 1.85. The van der Waals surface area contributed by atoms with Crippen molar-refractivity contribution in [2.45, 2.75) is 12.8 Å². The normalized spacial score (nSPS) is 8.93. The van der Waals surface area contributed by atoms with Gasteiger partial charge >= 0.3 is 0 Å². The van der Waals surface area contributed by atoms with Gasteiger partial charge in [0.05, 0.1) is 0 Å². The average molecular weight is 383 g/mol. The maximum Gasteiger partial charge on any atom is 0.0484 e. The molecule has 0 unspecified atom stereocenters. The van der Waals surface area contributed by atoms with Crippen molar-refractivity contribution in [3.63, 3.8) is 0 Å². The molecule has 0 bridgehead atoms. The molecule has 0 spiro atoms. The van der Waals surface area contributed by atoms with Crippen LogP contribution in [0.1, 0.15) is 14.3 Å². The van der Waals surface area contributed by atoms with Gasteiger partial charge < -0.3 is 22.3 Å². The SMILES string of the molecule is C=C(CCNC(=C)CCOC[CH2-])NC.[HH].[W]. The van der Waals surface area contributed by atoms with Gasteiger partial charge in [-0.2, -0.15) is 0 Å². The molecule has 0 aliphatic rings. The van der Waals surface area contributed by atoms with Gasteiger partial charge in [-0.3, -0.25) is 0 Å². The molecule has 0 atom stereocenters. The zero-order valence-corrected chi connectivity index (χ0v) is 12.4. The van der Waals surface area contributed by atoms with E-state index in [1.54, 1.807) is 0 Å². The van der Waals surface area contributed by atoms with Crippen LogP contribution in [0.4, 0.5) is 0 Å². The van der Waals surface area contributed by atoms with Crippen LogP contribution in [0.3, 0.4) is 0 Å². The summed E-state index contributed by atoms with van der Waals surface area (Å²) in [5.41, 5.74) is 2.03. The minimum absolute atomic E-state index is 0. The van der Waals surface area contributed by atoms with Gasteiger partial charge in [0.25, 0.3) is 0 Å². The van der Waals surface area contributed by atoms with E-state index in [0.29, 0.717) is 13.2 Å². The van der Waals surface area contributed by atoms with Gasteiger partial charge in [-0.05, 0) is 0 Å². The number of ether oxygens (including phenoxy) is 1. The molecule has 0 aliphatic heterocycles. The predicted molar refractivity (Wildman–Crippen MR) is 62.9 cm³/mol. The number of hydrogen-bond donors (Lipinski definition) is 2. The molecule has 4 heteroatoms. The summed E-state index contributed by atoms with van der Waals surface area (Å²) < 4.78 is 5.11. The number of nitrogens with one attached hydrogen (secondary N) is 2. The van der Waals surface area contributed by atoms with Gasteiger partial charge in [-0.1, -0.05) is 19.8 Å². The molecule has 0 saturated carbocycles. The van der Waals surface area contributed by atoms with E-state index in [-0.39, 0.29) is 22.5 Å². The van der Waals surface area contributed by atoms with Gasteiger partial charge in [-0.25, -0.2) is 0 Å². The largest absolute Gasteiger partial charge is 0.413 e. The van der Waals surface area contributed by atoms with Crippen LogP contribution in [-0.2, 0) is 25.8 Å². The smallest absolute Gasteiger partial charge is 0.0484 e. The van der Waals surface area contributed by atoms with Crippen molar-refractivity contribution in [1.29, 1.82) is 0 Å². The summed E-state index contributed by atoms with van der Waals surface area (Å²) in [6.07, 6.45) is 1.74. The molecule has 0 amide bonds. The van der Waals surface area contributed by atoms with Gasteiger partial charge in [0.15, 0.2) is 0 Å². The first-order valence-corrected chi connectivity index (χ1v) is 4.85. The molecule has 15 heavy (non-hydrogen) atoms. The van der Waals surface area contributed by atoms with E-state index in [0.717, 1.165) is 30.8 Å². The quantitative estimate of drug-likeness (QED) is 0.470. The number of rotatable bonds is 9. The molecule has 0 fully saturated rings. The molecule has 0 aliphatic carbocycles. The molecule has 90 valence electrons. The average Bonchev–Trinajstić information content (AvgIpc) is 2.18. The third-order valence-electron chi connectivity index (χ3n) is 1.85. The van der Waals surface area contributed by atoms with E-state index in [2.05, 4.69) is 30.7 Å². The van der Waals surface area contributed by atoms with E-state index in [4.69, 9.17) is 4.74 Å².